The van der Waals surface area contributed by atoms with Gasteiger partial charge < -0.3 is 0 Å². The summed E-state index contributed by atoms with van der Waals surface area (Å²) in [4.78, 5) is 0. The Labute approximate surface area is 98.8 Å². The molecule has 0 amide bonds. The third kappa shape index (κ3) is 1.15. The first-order valence-electron chi connectivity index (χ1n) is 5.35. The smallest absolute Gasteiger partial charge is 0.263 e. The van der Waals surface area contributed by atoms with Gasteiger partial charge in [-0.05, 0) is 6.92 Å². The molecule has 1 heterocycles. The summed E-state index contributed by atoms with van der Waals surface area (Å²) in [5.41, 5.74) is -2.29. The van der Waals surface area contributed by atoms with E-state index in [0.717, 1.165) is 4.68 Å². The van der Waals surface area contributed by atoms with Crippen molar-refractivity contribution in [3.05, 3.63) is 17.0 Å². The minimum absolute atomic E-state index is 0.0343. The van der Waals surface area contributed by atoms with Crippen molar-refractivity contribution in [3.63, 3.8) is 0 Å². The van der Waals surface area contributed by atoms with Gasteiger partial charge in [0.1, 0.15) is 11.6 Å². The maximum absolute atomic E-state index is 14.0. The van der Waals surface area contributed by atoms with Crippen LogP contribution in [0.2, 0.25) is 0 Å². The van der Waals surface area contributed by atoms with E-state index in [1.54, 1.807) is 0 Å². The number of hydrogen-bond acceptors (Lipinski definition) is 1. The van der Waals surface area contributed by atoms with E-state index >= 15 is 0 Å². The fourth-order valence-electron chi connectivity index (χ4n) is 2.50. The number of aryl methyl sites for hydroxylation is 1. The van der Waals surface area contributed by atoms with Crippen LogP contribution in [0.1, 0.15) is 29.8 Å². The molecule has 0 N–H and O–H groups in total. The second-order valence-corrected chi connectivity index (χ2v) is 4.29. The maximum atomic E-state index is 14.0. The van der Waals surface area contributed by atoms with Gasteiger partial charge in [-0.15, -0.1) is 0 Å². The Morgan fingerprint density at radius 2 is 2.00 bits per heavy atom. The molecule has 3 rings (SSSR count). The Kier molecular flexibility index (Phi) is 1.95. The number of hydrogen-bond donors (Lipinski definition) is 0. The zero-order valence-corrected chi connectivity index (χ0v) is 9.15. The Hall–Kier alpha value is -1.58. The molecule has 0 aliphatic heterocycles. The number of nitrogens with zero attached hydrogens (tertiary/aromatic N) is 2. The Morgan fingerprint density at radius 3 is 2.44 bits per heavy atom. The highest BCUT2D eigenvalue weighted by atomic mass is 19.4. The van der Waals surface area contributed by atoms with Crippen molar-refractivity contribution < 1.29 is 22.0 Å². The molecule has 18 heavy (non-hydrogen) atoms. The zero-order chi connectivity index (χ0) is 13.3. The van der Waals surface area contributed by atoms with E-state index in [1.807, 2.05) is 0 Å². The van der Waals surface area contributed by atoms with Gasteiger partial charge in [-0.1, -0.05) is 11.8 Å². The monoisotopic (exact) mass is 262 g/mol. The molecule has 0 radical (unpaired) electrons. The third-order valence-electron chi connectivity index (χ3n) is 3.30. The van der Waals surface area contributed by atoms with Crippen molar-refractivity contribution >= 4 is 0 Å². The lowest BCUT2D eigenvalue weighted by Crippen LogP contribution is -2.28. The van der Waals surface area contributed by atoms with E-state index in [1.165, 1.54) is 6.92 Å². The summed E-state index contributed by atoms with van der Waals surface area (Å²) in [7, 11) is 0. The lowest BCUT2D eigenvalue weighted by molar-refractivity contribution is -0.142. The van der Waals surface area contributed by atoms with Crippen molar-refractivity contribution in [2.24, 2.45) is 5.92 Å². The first-order chi connectivity index (χ1) is 8.28. The highest BCUT2D eigenvalue weighted by Crippen LogP contribution is 2.57. The lowest BCUT2D eigenvalue weighted by Gasteiger charge is -2.23. The molecule has 7 heteroatoms. The number of aromatic nitrogens is 2. The maximum Gasteiger partial charge on any atom is 0.435 e. The van der Waals surface area contributed by atoms with Crippen LogP contribution in [-0.2, 0) is 18.6 Å². The zero-order valence-electron chi connectivity index (χ0n) is 9.15. The number of fused-ring (bicyclic) bond motifs is 3. The van der Waals surface area contributed by atoms with Crippen molar-refractivity contribution in [2.75, 3.05) is 0 Å². The minimum atomic E-state index is -4.73. The molecule has 0 aromatic carbocycles. The predicted octanol–water partition coefficient (Wildman–Crippen LogP) is 2.74. The highest BCUT2D eigenvalue weighted by molar-refractivity contribution is 5.53. The summed E-state index contributed by atoms with van der Waals surface area (Å²) in [6.07, 6.45) is -4.73. The van der Waals surface area contributed by atoms with E-state index < -0.39 is 40.9 Å². The van der Waals surface area contributed by atoms with Crippen LogP contribution in [0, 0.1) is 17.8 Å². The van der Waals surface area contributed by atoms with Crippen LogP contribution in [0.15, 0.2) is 0 Å². The summed E-state index contributed by atoms with van der Waals surface area (Å²) in [5.74, 6) is -1.08. The first kappa shape index (κ1) is 11.5. The van der Waals surface area contributed by atoms with E-state index in [0.29, 0.717) is 0 Å². The molecule has 0 bridgehead atoms. The molecule has 0 spiro atoms. The van der Waals surface area contributed by atoms with Gasteiger partial charge in [0.25, 0.3) is 0 Å². The van der Waals surface area contributed by atoms with Gasteiger partial charge in [0.05, 0.1) is 5.92 Å². The van der Waals surface area contributed by atoms with E-state index in [2.05, 4.69) is 16.9 Å². The third-order valence-corrected chi connectivity index (χ3v) is 3.30. The number of rotatable bonds is 1. The Balaban J connectivity index is 2.28. The molecule has 96 valence electrons. The summed E-state index contributed by atoms with van der Waals surface area (Å²) in [5, 5.41) is 3.28. The average molecular weight is 262 g/mol. The summed E-state index contributed by atoms with van der Waals surface area (Å²) in [6.45, 7) is 1.44. The number of alkyl halides is 5. The van der Waals surface area contributed by atoms with Crippen LogP contribution in [0.5, 0.6) is 0 Å². The van der Waals surface area contributed by atoms with E-state index in [9.17, 15) is 22.0 Å². The normalized spacial score (nSPS) is 27.0. The van der Waals surface area contributed by atoms with Gasteiger partial charge in [0, 0.05) is 12.1 Å². The molecular weight excluding hydrogens is 255 g/mol. The molecule has 1 aromatic rings. The summed E-state index contributed by atoms with van der Waals surface area (Å²) >= 11 is 0. The summed E-state index contributed by atoms with van der Waals surface area (Å²) < 4.78 is 67.0. The van der Waals surface area contributed by atoms with Gasteiger partial charge in [-0.3, -0.25) is 4.68 Å². The van der Waals surface area contributed by atoms with Crippen LogP contribution in [-0.4, -0.2) is 9.78 Å². The second kappa shape index (κ2) is 3.05. The first-order valence-corrected chi connectivity index (χ1v) is 5.35. The van der Waals surface area contributed by atoms with Crippen molar-refractivity contribution in [2.45, 2.75) is 31.5 Å². The van der Waals surface area contributed by atoms with Crippen LogP contribution < -0.4 is 0 Å². The van der Waals surface area contributed by atoms with Crippen molar-refractivity contribution in [3.8, 4) is 11.8 Å². The standard InChI is InChI=1S/C11H7F5N2/c1-2-18-9-7(8(17-18)11(14,15)16)5-3-4-6(5)10(9,12)13/h5-6H,2H2,1H3/t5-,6+/m0/s1. The highest BCUT2D eigenvalue weighted by Gasteiger charge is 2.62. The van der Waals surface area contributed by atoms with Crippen molar-refractivity contribution in [1.29, 1.82) is 0 Å². The van der Waals surface area contributed by atoms with Gasteiger partial charge in [0.2, 0.25) is 0 Å². The van der Waals surface area contributed by atoms with Crippen LogP contribution in [0.25, 0.3) is 0 Å². The Morgan fingerprint density at radius 1 is 1.33 bits per heavy atom. The molecule has 1 aromatic heterocycles. The quantitative estimate of drug-likeness (QED) is 0.562. The van der Waals surface area contributed by atoms with E-state index in [-0.39, 0.29) is 6.54 Å². The van der Waals surface area contributed by atoms with E-state index in [4.69, 9.17) is 0 Å². The Bertz CT molecular complexity index is 587. The largest absolute Gasteiger partial charge is 0.435 e. The SMILES string of the molecule is CCn1nc(C(F)(F)F)c2c1C(F)(F)[C@@H]1C#C[C@H]21. The van der Waals surface area contributed by atoms with Crippen LogP contribution in [0.4, 0.5) is 22.0 Å². The van der Waals surface area contributed by atoms with Crippen molar-refractivity contribution in [1.82, 2.24) is 9.78 Å². The lowest BCUT2D eigenvalue weighted by atomic mass is 9.84. The molecule has 0 saturated carbocycles. The summed E-state index contributed by atoms with van der Waals surface area (Å²) in [6, 6.07) is 0. The molecule has 2 atom stereocenters. The molecule has 2 aliphatic carbocycles. The molecule has 0 saturated heterocycles. The fourth-order valence-corrected chi connectivity index (χ4v) is 2.50. The molecular formula is C11H7F5N2. The predicted molar refractivity (Wildman–Crippen MR) is 50.8 cm³/mol. The van der Waals surface area contributed by atoms with Crippen LogP contribution in [0.3, 0.4) is 0 Å². The second-order valence-electron chi connectivity index (χ2n) is 4.29. The molecule has 0 fully saturated rings. The molecule has 0 unspecified atom stereocenters. The van der Waals surface area contributed by atoms with Gasteiger partial charge in [-0.2, -0.15) is 27.1 Å². The van der Waals surface area contributed by atoms with Gasteiger partial charge >= 0.3 is 12.1 Å². The molecule has 2 nitrogen and oxygen atoms in total. The topological polar surface area (TPSA) is 17.8 Å². The molecule has 2 aliphatic rings. The average Bonchev–Trinajstić information content (AvgIpc) is 2.59. The minimum Gasteiger partial charge on any atom is -0.263 e. The number of halogens is 5. The van der Waals surface area contributed by atoms with Gasteiger partial charge in [-0.25, -0.2) is 0 Å². The van der Waals surface area contributed by atoms with Crippen LogP contribution >= 0.6 is 0 Å². The van der Waals surface area contributed by atoms with Gasteiger partial charge in [0.15, 0.2) is 5.69 Å². The fraction of sp³-hybridized carbons (Fsp3) is 0.545.